The highest BCUT2D eigenvalue weighted by molar-refractivity contribution is 5.03. The molecular weight excluding hydrogens is 207 g/mol. The number of hydrogen-bond acceptors (Lipinski definition) is 2. The molecule has 2 N–H and O–H groups in total. The number of alkyl halides is 3. The summed E-state index contributed by atoms with van der Waals surface area (Å²) in [7, 11) is 0. The third-order valence-corrected chi connectivity index (χ3v) is 2.65. The highest BCUT2D eigenvalue weighted by Gasteiger charge is 2.34. The van der Waals surface area contributed by atoms with E-state index in [-0.39, 0.29) is 6.04 Å². The first-order valence-corrected chi connectivity index (χ1v) is 4.81. The normalized spacial score (nSPS) is 26.4. The largest absolute Gasteiger partial charge is 0.435 e. The van der Waals surface area contributed by atoms with Crippen molar-refractivity contribution in [3.8, 4) is 0 Å². The minimum Gasteiger partial charge on any atom is -0.328 e. The summed E-state index contributed by atoms with van der Waals surface area (Å²) in [5, 5.41) is 3.48. The molecule has 1 heterocycles. The van der Waals surface area contributed by atoms with Gasteiger partial charge in [0.2, 0.25) is 0 Å². The van der Waals surface area contributed by atoms with Gasteiger partial charge in [-0.25, -0.2) is 0 Å². The lowest BCUT2D eigenvalue weighted by molar-refractivity contribution is -0.141. The Kier molecular flexibility index (Phi) is 2.46. The first-order valence-electron chi connectivity index (χ1n) is 4.81. The second kappa shape index (κ2) is 3.52. The Labute approximate surface area is 85.1 Å². The first kappa shape index (κ1) is 10.5. The van der Waals surface area contributed by atoms with Crippen LogP contribution >= 0.6 is 0 Å². The molecule has 15 heavy (non-hydrogen) atoms. The van der Waals surface area contributed by atoms with Gasteiger partial charge in [0.15, 0.2) is 5.69 Å². The van der Waals surface area contributed by atoms with E-state index in [1.54, 1.807) is 0 Å². The summed E-state index contributed by atoms with van der Waals surface area (Å²) >= 11 is 0. The van der Waals surface area contributed by atoms with Crippen LogP contribution in [0.2, 0.25) is 0 Å². The number of nitrogens with zero attached hydrogens (tertiary/aromatic N) is 2. The molecule has 0 amide bonds. The van der Waals surface area contributed by atoms with Crippen molar-refractivity contribution in [1.29, 1.82) is 0 Å². The lowest BCUT2D eigenvalue weighted by Gasteiger charge is -2.32. The van der Waals surface area contributed by atoms with Crippen molar-refractivity contribution >= 4 is 0 Å². The van der Waals surface area contributed by atoms with Gasteiger partial charge in [0.05, 0.1) is 0 Å². The van der Waals surface area contributed by atoms with Crippen molar-refractivity contribution in [2.75, 3.05) is 0 Å². The van der Waals surface area contributed by atoms with E-state index in [0.29, 0.717) is 12.5 Å². The van der Waals surface area contributed by atoms with Gasteiger partial charge in [-0.1, -0.05) is 0 Å². The fourth-order valence-electron chi connectivity index (χ4n) is 1.82. The Bertz CT molecular complexity index is 339. The van der Waals surface area contributed by atoms with Crippen LogP contribution in [0.25, 0.3) is 0 Å². The van der Waals surface area contributed by atoms with Crippen LogP contribution in [-0.2, 0) is 12.7 Å². The first-order chi connectivity index (χ1) is 6.95. The molecule has 1 aliphatic carbocycles. The van der Waals surface area contributed by atoms with E-state index in [0.717, 1.165) is 18.9 Å². The summed E-state index contributed by atoms with van der Waals surface area (Å²) in [6.45, 7) is 0.532. The smallest absolute Gasteiger partial charge is 0.328 e. The van der Waals surface area contributed by atoms with E-state index in [1.807, 2.05) is 0 Å². The molecule has 0 spiro atoms. The maximum Gasteiger partial charge on any atom is 0.435 e. The van der Waals surface area contributed by atoms with Crippen molar-refractivity contribution < 1.29 is 13.2 Å². The van der Waals surface area contributed by atoms with Gasteiger partial charge < -0.3 is 5.73 Å². The molecule has 0 aliphatic heterocycles. The maximum absolute atomic E-state index is 12.2. The fourth-order valence-corrected chi connectivity index (χ4v) is 1.82. The second-order valence-electron chi connectivity index (χ2n) is 4.02. The molecule has 0 bridgehead atoms. The molecule has 1 aromatic rings. The molecule has 0 saturated heterocycles. The maximum atomic E-state index is 12.2. The molecule has 0 atom stereocenters. The van der Waals surface area contributed by atoms with Crippen LogP contribution in [0, 0.1) is 5.92 Å². The Morgan fingerprint density at radius 3 is 2.60 bits per heavy atom. The Morgan fingerprint density at radius 2 is 2.13 bits per heavy atom. The van der Waals surface area contributed by atoms with Gasteiger partial charge in [-0.15, -0.1) is 0 Å². The van der Waals surface area contributed by atoms with Gasteiger partial charge in [0.25, 0.3) is 0 Å². The van der Waals surface area contributed by atoms with Gasteiger partial charge in [-0.2, -0.15) is 18.3 Å². The molecule has 1 aromatic heterocycles. The number of aromatic nitrogens is 2. The van der Waals surface area contributed by atoms with Crippen LogP contribution in [0.1, 0.15) is 18.5 Å². The summed E-state index contributed by atoms with van der Waals surface area (Å²) in [5.74, 6) is 0.376. The van der Waals surface area contributed by atoms with E-state index < -0.39 is 11.9 Å². The molecular formula is C9H12F3N3. The van der Waals surface area contributed by atoms with Gasteiger partial charge in [0, 0.05) is 18.8 Å². The molecule has 3 nitrogen and oxygen atoms in total. The summed E-state index contributed by atoms with van der Waals surface area (Å²) in [5.41, 5.74) is 4.76. The lowest BCUT2D eigenvalue weighted by Crippen LogP contribution is -2.38. The van der Waals surface area contributed by atoms with Crippen LogP contribution < -0.4 is 5.73 Å². The van der Waals surface area contributed by atoms with Crippen LogP contribution in [-0.4, -0.2) is 15.8 Å². The van der Waals surface area contributed by atoms with Crippen LogP contribution in [0.5, 0.6) is 0 Å². The van der Waals surface area contributed by atoms with E-state index in [1.165, 1.54) is 10.9 Å². The minimum atomic E-state index is -4.35. The predicted octanol–water partition coefficient (Wildman–Crippen LogP) is 1.64. The molecule has 1 aliphatic rings. The highest BCUT2D eigenvalue weighted by atomic mass is 19.4. The summed E-state index contributed by atoms with van der Waals surface area (Å²) in [4.78, 5) is 0. The summed E-state index contributed by atoms with van der Waals surface area (Å²) in [6, 6.07) is 1.21. The zero-order chi connectivity index (χ0) is 11.1. The Morgan fingerprint density at radius 1 is 1.47 bits per heavy atom. The number of halogens is 3. The molecule has 1 saturated carbocycles. The number of rotatable bonds is 2. The molecule has 0 unspecified atom stereocenters. The molecule has 84 valence electrons. The van der Waals surface area contributed by atoms with Crippen LogP contribution in [0.3, 0.4) is 0 Å². The SMILES string of the molecule is NC1CC(Cn2ccc(C(F)(F)F)n2)C1. The summed E-state index contributed by atoms with van der Waals surface area (Å²) < 4.78 is 37.9. The van der Waals surface area contributed by atoms with Gasteiger partial charge in [-0.05, 0) is 24.8 Å². The Hall–Kier alpha value is -1.04. The Balaban J connectivity index is 1.96. The third kappa shape index (κ3) is 2.31. The fraction of sp³-hybridized carbons (Fsp3) is 0.667. The topological polar surface area (TPSA) is 43.8 Å². The molecule has 0 aromatic carbocycles. The number of hydrogen-bond donors (Lipinski definition) is 1. The molecule has 6 heteroatoms. The average molecular weight is 219 g/mol. The predicted molar refractivity (Wildman–Crippen MR) is 47.9 cm³/mol. The van der Waals surface area contributed by atoms with Gasteiger partial charge >= 0.3 is 6.18 Å². The minimum absolute atomic E-state index is 0.215. The van der Waals surface area contributed by atoms with Gasteiger partial charge in [0.1, 0.15) is 0 Å². The monoisotopic (exact) mass is 219 g/mol. The van der Waals surface area contributed by atoms with Crippen molar-refractivity contribution in [2.45, 2.75) is 31.6 Å². The van der Waals surface area contributed by atoms with Crippen LogP contribution in [0.4, 0.5) is 13.2 Å². The van der Waals surface area contributed by atoms with Gasteiger partial charge in [-0.3, -0.25) is 4.68 Å². The van der Waals surface area contributed by atoms with Crippen molar-refractivity contribution in [2.24, 2.45) is 11.7 Å². The van der Waals surface area contributed by atoms with E-state index in [4.69, 9.17) is 5.73 Å². The second-order valence-corrected chi connectivity index (χ2v) is 4.02. The molecule has 2 rings (SSSR count). The van der Waals surface area contributed by atoms with E-state index >= 15 is 0 Å². The quantitative estimate of drug-likeness (QED) is 0.821. The standard InChI is InChI=1S/C9H12F3N3/c10-9(11,12)8-1-2-15(14-8)5-6-3-7(13)4-6/h1-2,6-7H,3-5,13H2. The van der Waals surface area contributed by atoms with Crippen LogP contribution in [0.15, 0.2) is 12.3 Å². The van der Waals surface area contributed by atoms with Crippen molar-refractivity contribution in [3.63, 3.8) is 0 Å². The van der Waals surface area contributed by atoms with E-state index in [2.05, 4.69) is 5.10 Å². The molecule has 0 radical (unpaired) electrons. The van der Waals surface area contributed by atoms with Crippen molar-refractivity contribution in [1.82, 2.24) is 9.78 Å². The zero-order valence-corrected chi connectivity index (χ0v) is 8.04. The van der Waals surface area contributed by atoms with Crippen molar-refractivity contribution in [3.05, 3.63) is 18.0 Å². The number of nitrogens with two attached hydrogens (primary N) is 1. The summed E-state index contributed by atoms with van der Waals surface area (Å²) in [6.07, 6.45) is -1.23. The zero-order valence-electron chi connectivity index (χ0n) is 8.04. The molecule has 1 fully saturated rings. The highest BCUT2D eigenvalue weighted by Crippen LogP contribution is 2.29. The lowest BCUT2D eigenvalue weighted by atomic mass is 9.81. The average Bonchev–Trinajstić information content (AvgIpc) is 2.49. The van der Waals surface area contributed by atoms with E-state index in [9.17, 15) is 13.2 Å². The third-order valence-electron chi connectivity index (χ3n) is 2.65.